The van der Waals surface area contributed by atoms with Gasteiger partial charge >= 0.3 is 11.4 Å². The highest BCUT2D eigenvalue weighted by atomic mass is 35.5. The Morgan fingerprint density at radius 1 is 0.797 bits per heavy atom. The Hall–Kier alpha value is -6.79. The van der Waals surface area contributed by atoms with Crippen molar-refractivity contribution in [1.82, 2.24) is 48.4 Å². The van der Waals surface area contributed by atoms with Crippen LogP contribution in [-0.4, -0.2) is 94.7 Å². The van der Waals surface area contributed by atoms with Crippen molar-refractivity contribution in [3.63, 3.8) is 0 Å². The lowest BCUT2D eigenvalue weighted by Gasteiger charge is -2.14. The third-order valence-corrected chi connectivity index (χ3v) is 10.4. The molecule has 1 amide bonds. The van der Waals surface area contributed by atoms with Crippen LogP contribution in [0.2, 0.25) is 0 Å². The molecule has 2 aliphatic rings. The van der Waals surface area contributed by atoms with E-state index in [2.05, 4.69) is 38.4 Å². The number of benzene rings is 2. The number of rotatable bonds is 8. The van der Waals surface area contributed by atoms with E-state index in [1.165, 1.54) is 23.3 Å². The number of aryl methyl sites for hydroxylation is 2. The molecule has 308 valence electrons. The van der Waals surface area contributed by atoms with Crippen molar-refractivity contribution in [1.29, 1.82) is 0 Å². The van der Waals surface area contributed by atoms with Gasteiger partial charge in [-0.25, -0.2) is 29.5 Å². The van der Waals surface area contributed by atoms with Crippen molar-refractivity contribution < 1.29 is 19.1 Å². The Morgan fingerprint density at radius 3 is 1.71 bits per heavy atom. The average Bonchev–Trinajstić information content (AvgIpc) is 4.04. The summed E-state index contributed by atoms with van der Waals surface area (Å²) in [6.07, 6.45) is 6.58. The summed E-state index contributed by atoms with van der Waals surface area (Å²) in [5.74, 6) is 1.72. The maximum absolute atomic E-state index is 13.5. The number of hydrogen-bond donors (Lipinski definition) is 3. The molecule has 2 atom stereocenters. The predicted octanol–water partition coefficient (Wildman–Crippen LogP) is 3.39. The van der Waals surface area contributed by atoms with Gasteiger partial charge in [0.15, 0.2) is 22.9 Å². The van der Waals surface area contributed by atoms with E-state index in [4.69, 9.17) is 32.5 Å². The highest BCUT2D eigenvalue weighted by Crippen LogP contribution is 2.30. The number of nitrogens with one attached hydrogen (secondary N) is 1. The summed E-state index contributed by atoms with van der Waals surface area (Å²) in [6, 6.07) is 11.0. The molecule has 6 heterocycles. The zero-order chi connectivity index (χ0) is 42.5. The van der Waals surface area contributed by atoms with Gasteiger partial charge in [-0.1, -0.05) is 25.3 Å². The lowest BCUT2D eigenvalue weighted by molar-refractivity contribution is -0.125. The van der Waals surface area contributed by atoms with Crippen molar-refractivity contribution >= 4 is 56.7 Å². The van der Waals surface area contributed by atoms with Gasteiger partial charge in [0, 0.05) is 31.8 Å². The summed E-state index contributed by atoms with van der Waals surface area (Å²) < 4.78 is 17.2. The van der Waals surface area contributed by atoms with Gasteiger partial charge in [0.25, 0.3) is 0 Å². The zero-order valence-corrected chi connectivity index (χ0v) is 33.8. The van der Waals surface area contributed by atoms with E-state index < -0.39 is 5.24 Å². The number of hydrogen-bond acceptors (Lipinski definition) is 13. The maximum Gasteiger partial charge on any atom is 0.335 e. The van der Waals surface area contributed by atoms with E-state index in [9.17, 15) is 19.2 Å². The number of ether oxygens (including phenoxy) is 2. The number of nitrogens with zero attached hydrogens (tertiary/aromatic N) is 9. The second kappa shape index (κ2) is 17.8. The molecule has 0 saturated carbocycles. The van der Waals surface area contributed by atoms with Crippen LogP contribution in [0, 0.1) is 13.8 Å². The first-order valence-corrected chi connectivity index (χ1v) is 18.9. The van der Waals surface area contributed by atoms with Gasteiger partial charge < -0.3 is 31.2 Å². The van der Waals surface area contributed by atoms with Gasteiger partial charge in [-0.3, -0.25) is 27.9 Å². The van der Waals surface area contributed by atoms with E-state index in [-0.39, 0.29) is 41.0 Å². The number of nitrogens with two attached hydrogens (primary N) is 2. The first kappa shape index (κ1) is 41.8. The van der Waals surface area contributed by atoms with Gasteiger partial charge in [-0.2, -0.15) is 0 Å². The van der Waals surface area contributed by atoms with Crippen LogP contribution in [0.25, 0.3) is 33.7 Å². The molecule has 19 heteroatoms. The minimum atomic E-state index is -0.509. The third-order valence-electron chi connectivity index (χ3n) is 10.2. The molecule has 0 radical (unpaired) electrons. The second-order valence-electron chi connectivity index (χ2n) is 13.7. The van der Waals surface area contributed by atoms with Crippen LogP contribution in [0.3, 0.4) is 0 Å². The fraction of sp³-hybridized carbons (Fsp3) is 0.300. The molecular weight excluding hydrogens is 780 g/mol. The fourth-order valence-corrected chi connectivity index (χ4v) is 7.31. The Labute approximate surface area is 343 Å². The Kier molecular flexibility index (Phi) is 12.6. The van der Waals surface area contributed by atoms with E-state index in [1.54, 1.807) is 38.9 Å². The van der Waals surface area contributed by atoms with Crippen molar-refractivity contribution in [2.24, 2.45) is 0 Å². The molecule has 59 heavy (non-hydrogen) atoms. The quantitative estimate of drug-likeness (QED) is 0.148. The summed E-state index contributed by atoms with van der Waals surface area (Å²) in [7, 11) is 3.19. The van der Waals surface area contributed by atoms with Crippen molar-refractivity contribution in [3.8, 4) is 22.9 Å². The molecular formula is C40H45ClN12O6. The minimum absolute atomic E-state index is 0.0536. The molecule has 8 rings (SSSR count). The largest absolute Gasteiger partial charge is 0.496 e. The number of anilines is 2. The van der Waals surface area contributed by atoms with Crippen molar-refractivity contribution in [3.05, 3.63) is 106 Å². The van der Waals surface area contributed by atoms with Gasteiger partial charge in [-0.15, -0.1) is 0 Å². The topological polar surface area (TPSA) is 225 Å². The number of halogens is 1. The summed E-state index contributed by atoms with van der Waals surface area (Å²) in [6.45, 7) is 13.1. The first-order valence-electron chi connectivity index (χ1n) is 18.6. The number of nitrogen functional groups attached to an aromatic ring is 2. The molecule has 0 aliphatic carbocycles. The molecule has 0 spiro atoms. The summed E-state index contributed by atoms with van der Waals surface area (Å²) in [5, 5.41) is 2.78. The number of likely N-dealkylation sites (tertiary alicyclic amines) is 1. The molecule has 5 N–H and O–H groups in total. The highest BCUT2D eigenvalue weighted by Gasteiger charge is 2.31. The fourth-order valence-electron chi connectivity index (χ4n) is 7.31. The maximum atomic E-state index is 13.5. The minimum Gasteiger partial charge on any atom is -0.496 e. The molecule has 2 aliphatic heterocycles. The summed E-state index contributed by atoms with van der Waals surface area (Å²) in [5.41, 5.74) is 17.0. The molecule has 18 nitrogen and oxygen atoms in total. The van der Waals surface area contributed by atoms with Crippen LogP contribution in [0.5, 0.6) is 11.5 Å². The smallest absolute Gasteiger partial charge is 0.335 e. The SMILES string of the molecule is C=CC(=O)Cl.C=CC(=O)N1CC[C@@H](n2c(=O)n(-c3ccc(C)c(OC)c3)c3c(N)ncnc32)C1.COc1cc(-n2c(=O)n([C@@H]3CCNC3)c3ncnc(N)c32)ccc1C. The molecule has 2 fully saturated rings. The molecule has 4 aromatic heterocycles. The zero-order valence-electron chi connectivity index (χ0n) is 33.1. The molecule has 2 saturated heterocycles. The van der Waals surface area contributed by atoms with Gasteiger partial charge in [0.1, 0.15) is 35.2 Å². The Morgan fingerprint density at radius 2 is 1.29 bits per heavy atom. The number of imidazole rings is 2. The number of carbonyl (C=O) groups is 2. The highest BCUT2D eigenvalue weighted by molar-refractivity contribution is 6.66. The van der Waals surface area contributed by atoms with Crippen LogP contribution < -0.4 is 37.6 Å². The second-order valence-corrected chi connectivity index (χ2v) is 14.1. The van der Waals surface area contributed by atoms with Crippen molar-refractivity contribution in [2.45, 2.75) is 38.8 Å². The van der Waals surface area contributed by atoms with Crippen LogP contribution in [0.15, 0.2) is 84.0 Å². The Balaban J connectivity index is 0.000000180. The van der Waals surface area contributed by atoms with Gasteiger partial charge in [-0.05, 0) is 80.2 Å². The van der Waals surface area contributed by atoms with Crippen LogP contribution >= 0.6 is 11.6 Å². The molecule has 0 unspecified atom stereocenters. The lowest BCUT2D eigenvalue weighted by Crippen LogP contribution is -2.31. The standard InChI is InChI=1S/C20H22N6O3.C17H20N6O2.C3H3ClO/c1-4-16(27)24-8-7-14(10-24)26-19-17(18(21)22-11-23-19)25(20(26)28)13-6-5-12(2)15(9-13)29-3;1-10-3-4-11(7-13(10)25-2)22-14-15(18)20-9-21-16(14)23(17(22)24)12-5-6-19-8-12;1-2-3(4)5/h4-6,9,11,14H,1,7-8,10H2,2-3H3,(H2,21,22,23);3-4,7,9,12,19H,5-6,8H2,1-2H3,(H2,18,20,21);2H,1H2/t14-;12-;/m11./s1. The van der Waals surface area contributed by atoms with Crippen LogP contribution in [0.4, 0.5) is 11.6 Å². The Bertz CT molecular complexity index is 2690. The number of aromatic nitrogens is 8. The lowest BCUT2D eigenvalue weighted by atomic mass is 10.2. The van der Waals surface area contributed by atoms with Crippen molar-refractivity contribution in [2.75, 3.05) is 51.9 Å². The molecule has 6 aromatic rings. The van der Waals surface area contributed by atoms with Gasteiger partial charge in [0.2, 0.25) is 11.1 Å². The normalized spacial score (nSPS) is 15.9. The van der Waals surface area contributed by atoms with E-state index >= 15 is 0 Å². The number of methoxy groups -OCH3 is 2. The van der Waals surface area contributed by atoms with E-state index in [1.807, 2.05) is 44.2 Å². The molecule has 0 bridgehead atoms. The van der Waals surface area contributed by atoms with E-state index in [0.29, 0.717) is 64.7 Å². The summed E-state index contributed by atoms with van der Waals surface area (Å²) >= 11 is 4.71. The van der Waals surface area contributed by atoms with Crippen LogP contribution in [-0.2, 0) is 9.59 Å². The number of allylic oxidation sites excluding steroid dienone is 1. The monoisotopic (exact) mass is 824 g/mol. The number of carbonyl (C=O) groups excluding carboxylic acids is 2. The average molecular weight is 825 g/mol. The van der Waals surface area contributed by atoms with Crippen LogP contribution in [0.1, 0.15) is 36.1 Å². The number of amides is 1. The third kappa shape index (κ3) is 8.17. The number of fused-ring (bicyclic) bond motifs is 2. The van der Waals surface area contributed by atoms with Gasteiger partial charge in [0.05, 0.1) is 37.7 Å². The van der Waals surface area contributed by atoms with E-state index in [0.717, 1.165) is 36.7 Å². The molecule has 2 aromatic carbocycles. The predicted molar refractivity (Wildman–Crippen MR) is 226 cm³/mol. The summed E-state index contributed by atoms with van der Waals surface area (Å²) in [4.78, 5) is 66.7. The first-order chi connectivity index (χ1) is 28.3.